The summed E-state index contributed by atoms with van der Waals surface area (Å²) in [7, 11) is 0. The molecule has 0 aliphatic heterocycles. The standard InChI is InChI=1S/C20H18N4O5/c21-14-6-2-5-9-17(11-10-16-7-3-1-4-8-16)22-29-20-13-12-18(23(25)26)15-19(20)24(27)28/h1-4,6-8,12-13,15H,5,9-11H2/b6-2+,22-17-. The van der Waals surface area contributed by atoms with Crippen molar-refractivity contribution in [1.29, 1.82) is 5.26 Å². The van der Waals surface area contributed by atoms with Crippen molar-refractivity contribution in [2.75, 3.05) is 0 Å². The third kappa shape index (κ3) is 6.88. The van der Waals surface area contributed by atoms with Gasteiger partial charge in [-0.3, -0.25) is 20.2 Å². The molecule has 0 aromatic heterocycles. The zero-order chi connectivity index (χ0) is 21.1. The number of hydrogen-bond acceptors (Lipinski definition) is 7. The van der Waals surface area contributed by atoms with Crippen LogP contribution in [0.4, 0.5) is 11.4 Å². The van der Waals surface area contributed by atoms with Crippen LogP contribution in [0.1, 0.15) is 24.8 Å². The molecule has 0 aliphatic carbocycles. The summed E-state index contributed by atoms with van der Waals surface area (Å²) in [4.78, 5) is 25.8. The first-order chi connectivity index (χ1) is 14.0. The maximum Gasteiger partial charge on any atom is 0.321 e. The average molecular weight is 394 g/mol. The highest BCUT2D eigenvalue weighted by atomic mass is 16.7. The number of nitro benzene ring substituents is 2. The van der Waals surface area contributed by atoms with Gasteiger partial charge in [0, 0.05) is 12.1 Å². The minimum Gasteiger partial charge on any atom is -0.350 e. The molecule has 9 heteroatoms. The Morgan fingerprint density at radius 1 is 1.10 bits per heavy atom. The molecular weight excluding hydrogens is 376 g/mol. The second kappa shape index (κ2) is 10.9. The number of aryl methyl sites for hydroxylation is 1. The van der Waals surface area contributed by atoms with E-state index >= 15 is 0 Å². The zero-order valence-corrected chi connectivity index (χ0v) is 15.4. The van der Waals surface area contributed by atoms with Crippen molar-refractivity contribution in [1.82, 2.24) is 0 Å². The minimum absolute atomic E-state index is 0.176. The predicted molar refractivity (Wildman–Crippen MR) is 107 cm³/mol. The van der Waals surface area contributed by atoms with Crippen molar-refractivity contribution >= 4 is 17.1 Å². The Kier molecular flexibility index (Phi) is 8.01. The van der Waals surface area contributed by atoms with Gasteiger partial charge >= 0.3 is 5.69 Å². The maximum absolute atomic E-state index is 11.2. The van der Waals surface area contributed by atoms with Crippen molar-refractivity contribution < 1.29 is 14.7 Å². The van der Waals surface area contributed by atoms with Crippen LogP contribution in [0.5, 0.6) is 5.75 Å². The van der Waals surface area contributed by atoms with Gasteiger partial charge in [0.2, 0.25) is 5.75 Å². The lowest BCUT2D eigenvalue weighted by molar-refractivity contribution is -0.394. The van der Waals surface area contributed by atoms with Crippen molar-refractivity contribution in [3.05, 3.63) is 86.5 Å². The van der Waals surface area contributed by atoms with Crippen LogP contribution in [-0.4, -0.2) is 15.6 Å². The number of nitro groups is 2. The van der Waals surface area contributed by atoms with Crippen LogP contribution in [0.25, 0.3) is 0 Å². The van der Waals surface area contributed by atoms with Crippen LogP contribution < -0.4 is 4.84 Å². The van der Waals surface area contributed by atoms with E-state index in [2.05, 4.69) is 5.16 Å². The summed E-state index contributed by atoms with van der Waals surface area (Å²) < 4.78 is 0. The first kappa shape index (κ1) is 21.2. The van der Waals surface area contributed by atoms with Crippen LogP contribution in [0.3, 0.4) is 0 Å². The van der Waals surface area contributed by atoms with Crippen molar-refractivity contribution in [3.8, 4) is 11.8 Å². The van der Waals surface area contributed by atoms with Crippen LogP contribution >= 0.6 is 0 Å². The number of hydrogen-bond donors (Lipinski definition) is 0. The minimum atomic E-state index is -0.753. The van der Waals surface area contributed by atoms with Crippen LogP contribution in [0, 0.1) is 31.6 Å². The molecule has 0 atom stereocenters. The van der Waals surface area contributed by atoms with E-state index in [1.165, 1.54) is 6.08 Å². The van der Waals surface area contributed by atoms with Gasteiger partial charge in [-0.25, -0.2) is 0 Å². The monoisotopic (exact) mass is 394 g/mol. The number of allylic oxidation sites excluding steroid dienone is 2. The normalized spacial score (nSPS) is 11.2. The second-order valence-electron chi connectivity index (χ2n) is 5.97. The molecule has 0 saturated heterocycles. The largest absolute Gasteiger partial charge is 0.350 e. The predicted octanol–water partition coefficient (Wildman–Crippen LogP) is 4.73. The molecule has 0 heterocycles. The van der Waals surface area contributed by atoms with E-state index in [0.717, 1.165) is 23.8 Å². The third-order valence-corrected chi connectivity index (χ3v) is 3.96. The quantitative estimate of drug-likeness (QED) is 0.248. The van der Waals surface area contributed by atoms with E-state index in [1.807, 2.05) is 36.4 Å². The van der Waals surface area contributed by atoms with Gasteiger partial charge in [-0.15, -0.1) is 0 Å². The molecule has 0 fully saturated rings. The fourth-order valence-electron chi connectivity index (χ4n) is 2.49. The summed E-state index contributed by atoms with van der Waals surface area (Å²) >= 11 is 0. The topological polar surface area (TPSA) is 132 Å². The molecule has 0 spiro atoms. The zero-order valence-electron chi connectivity index (χ0n) is 15.4. The molecule has 2 rings (SSSR count). The van der Waals surface area contributed by atoms with E-state index in [-0.39, 0.29) is 5.75 Å². The summed E-state index contributed by atoms with van der Waals surface area (Å²) in [6.07, 6.45) is 5.40. The number of oxime groups is 1. The van der Waals surface area contributed by atoms with Gasteiger partial charge in [-0.05, 0) is 37.3 Å². The molecule has 0 bridgehead atoms. The van der Waals surface area contributed by atoms with Gasteiger partial charge in [0.1, 0.15) is 0 Å². The Balaban J connectivity index is 2.18. The molecule has 29 heavy (non-hydrogen) atoms. The van der Waals surface area contributed by atoms with E-state index in [9.17, 15) is 20.2 Å². The third-order valence-electron chi connectivity index (χ3n) is 3.96. The number of non-ortho nitro benzene ring substituents is 1. The molecule has 0 amide bonds. The molecule has 0 aliphatic rings. The van der Waals surface area contributed by atoms with E-state index in [4.69, 9.17) is 10.1 Å². The molecule has 0 radical (unpaired) electrons. The maximum atomic E-state index is 11.2. The molecule has 0 N–H and O–H groups in total. The van der Waals surface area contributed by atoms with Gasteiger partial charge < -0.3 is 4.84 Å². The molecule has 0 unspecified atom stereocenters. The van der Waals surface area contributed by atoms with Crippen molar-refractivity contribution in [3.63, 3.8) is 0 Å². The van der Waals surface area contributed by atoms with Gasteiger partial charge in [-0.1, -0.05) is 41.6 Å². The van der Waals surface area contributed by atoms with Crippen LogP contribution in [-0.2, 0) is 6.42 Å². The molecule has 9 nitrogen and oxygen atoms in total. The van der Waals surface area contributed by atoms with Crippen LogP contribution in [0.15, 0.2) is 65.8 Å². The second-order valence-corrected chi connectivity index (χ2v) is 5.97. The SMILES string of the molecule is N#C/C=C/CC/C(CCc1ccccc1)=N/Oc1ccc([N+](=O)[O-])cc1[N+](=O)[O-]. The van der Waals surface area contributed by atoms with Gasteiger partial charge in [0.15, 0.2) is 0 Å². The molecular formula is C20H18N4O5. The van der Waals surface area contributed by atoms with Crippen molar-refractivity contribution in [2.24, 2.45) is 5.16 Å². The smallest absolute Gasteiger partial charge is 0.321 e. The summed E-state index contributed by atoms with van der Waals surface area (Å²) in [5.74, 6) is -0.176. The lowest BCUT2D eigenvalue weighted by atomic mass is 10.0. The lowest BCUT2D eigenvalue weighted by Crippen LogP contribution is -2.04. The Morgan fingerprint density at radius 2 is 1.86 bits per heavy atom. The number of rotatable bonds is 10. The average Bonchev–Trinajstić information content (AvgIpc) is 2.73. The Morgan fingerprint density at radius 3 is 2.52 bits per heavy atom. The summed E-state index contributed by atoms with van der Waals surface area (Å²) in [6.45, 7) is 0. The molecule has 2 aromatic carbocycles. The fraction of sp³-hybridized carbons (Fsp3) is 0.200. The Hall–Kier alpha value is -4.06. The van der Waals surface area contributed by atoms with Gasteiger partial charge in [0.05, 0.1) is 27.7 Å². The molecule has 0 saturated carbocycles. The van der Waals surface area contributed by atoms with E-state index < -0.39 is 21.2 Å². The van der Waals surface area contributed by atoms with Gasteiger partial charge in [0.25, 0.3) is 5.69 Å². The summed E-state index contributed by atoms with van der Waals surface area (Å²) in [5, 5.41) is 34.7. The lowest BCUT2D eigenvalue weighted by Gasteiger charge is -2.06. The molecule has 148 valence electrons. The van der Waals surface area contributed by atoms with E-state index in [1.54, 1.807) is 6.08 Å². The molecule has 2 aromatic rings. The van der Waals surface area contributed by atoms with Gasteiger partial charge in [-0.2, -0.15) is 5.26 Å². The number of nitriles is 1. The highest BCUT2D eigenvalue weighted by Crippen LogP contribution is 2.31. The number of nitrogens with zero attached hydrogens (tertiary/aromatic N) is 4. The highest BCUT2D eigenvalue weighted by Gasteiger charge is 2.21. The highest BCUT2D eigenvalue weighted by molar-refractivity contribution is 5.84. The summed E-state index contributed by atoms with van der Waals surface area (Å²) in [6, 6.07) is 14.8. The van der Waals surface area contributed by atoms with Crippen molar-refractivity contribution in [2.45, 2.75) is 25.7 Å². The van der Waals surface area contributed by atoms with Crippen LogP contribution in [0.2, 0.25) is 0 Å². The fourth-order valence-corrected chi connectivity index (χ4v) is 2.49. The first-order valence-corrected chi connectivity index (χ1v) is 8.75. The first-order valence-electron chi connectivity index (χ1n) is 8.75. The Labute approximate surface area is 166 Å². The Bertz CT molecular complexity index is 965. The summed E-state index contributed by atoms with van der Waals surface area (Å²) in [5.41, 5.74) is 0.826. The number of benzene rings is 2. The van der Waals surface area contributed by atoms with E-state index in [0.29, 0.717) is 31.4 Å².